The van der Waals surface area contributed by atoms with Crippen LogP contribution in [-0.4, -0.2) is 11.5 Å². The number of benzene rings is 1. The van der Waals surface area contributed by atoms with Crippen molar-refractivity contribution in [1.29, 1.82) is 0 Å². The normalized spacial score (nSPS) is 14.4. The standard InChI is InChI=1S/C8H9N3O2/c9-10-4-3-6-5-7(11(12)13)1-2-8(6)10/h1-2,5H,3-4,9H2. The van der Waals surface area contributed by atoms with Gasteiger partial charge >= 0.3 is 0 Å². The summed E-state index contributed by atoms with van der Waals surface area (Å²) in [5.41, 5.74) is 1.98. The quantitative estimate of drug-likeness (QED) is 0.393. The summed E-state index contributed by atoms with van der Waals surface area (Å²) < 4.78 is 0. The second-order valence-corrected chi connectivity index (χ2v) is 3.01. The number of nitrogens with zero attached hydrogens (tertiary/aromatic N) is 2. The molecule has 0 fully saturated rings. The molecule has 13 heavy (non-hydrogen) atoms. The van der Waals surface area contributed by atoms with Gasteiger partial charge in [-0.3, -0.25) is 10.1 Å². The first-order valence-electron chi connectivity index (χ1n) is 3.98. The molecule has 0 bridgehead atoms. The number of nitro groups is 1. The van der Waals surface area contributed by atoms with Crippen LogP contribution in [0.4, 0.5) is 11.4 Å². The Morgan fingerprint density at radius 1 is 1.54 bits per heavy atom. The van der Waals surface area contributed by atoms with Gasteiger partial charge in [0.2, 0.25) is 0 Å². The van der Waals surface area contributed by atoms with Gasteiger partial charge in [-0.1, -0.05) is 0 Å². The molecule has 0 spiro atoms. The molecule has 0 radical (unpaired) electrons. The van der Waals surface area contributed by atoms with E-state index in [0.717, 1.165) is 24.2 Å². The molecule has 1 aromatic rings. The molecule has 0 saturated heterocycles. The Balaban J connectivity index is 2.45. The van der Waals surface area contributed by atoms with Gasteiger partial charge in [0.25, 0.3) is 5.69 Å². The van der Waals surface area contributed by atoms with E-state index in [1.807, 2.05) is 0 Å². The molecular weight excluding hydrogens is 170 g/mol. The van der Waals surface area contributed by atoms with Crippen LogP contribution in [0.1, 0.15) is 5.56 Å². The van der Waals surface area contributed by atoms with Crippen molar-refractivity contribution in [3.63, 3.8) is 0 Å². The number of rotatable bonds is 1. The van der Waals surface area contributed by atoms with Crippen molar-refractivity contribution in [1.82, 2.24) is 0 Å². The molecule has 0 unspecified atom stereocenters. The predicted molar refractivity (Wildman–Crippen MR) is 48.3 cm³/mol. The van der Waals surface area contributed by atoms with E-state index in [1.54, 1.807) is 17.1 Å². The van der Waals surface area contributed by atoms with Gasteiger partial charge in [0, 0.05) is 18.7 Å². The molecule has 5 heteroatoms. The molecule has 1 aliphatic heterocycles. The lowest BCUT2D eigenvalue weighted by Crippen LogP contribution is -2.27. The number of hydrogen-bond acceptors (Lipinski definition) is 4. The fraction of sp³-hybridized carbons (Fsp3) is 0.250. The smallest absolute Gasteiger partial charge is 0.269 e. The summed E-state index contributed by atoms with van der Waals surface area (Å²) in [4.78, 5) is 10.1. The van der Waals surface area contributed by atoms with E-state index in [9.17, 15) is 10.1 Å². The SMILES string of the molecule is NN1CCc2cc([N+](=O)[O-])ccc21. The largest absolute Gasteiger partial charge is 0.310 e. The number of anilines is 1. The number of fused-ring (bicyclic) bond motifs is 1. The summed E-state index contributed by atoms with van der Waals surface area (Å²) in [6.45, 7) is 0.733. The molecule has 5 nitrogen and oxygen atoms in total. The van der Waals surface area contributed by atoms with Crippen LogP contribution in [0.2, 0.25) is 0 Å². The highest BCUT2D eigenvalue weighted by Gasteiger charge is 2.18. The average Bonchev–Trinajstić information content (AvgIpc) is 2.47. The third kappa shape index (κ3) is 1.23. The lowest BCUT2D eigenvalue weighted by molar-refractivity contribution is -0.384. The van der Waals surface area contributed by atoms with Crippen molar-refractivity contribution in [2.75, 3.05) is 11.6 Å². The minimum Gasteiger partial charge on any atom is -0.310 e. The van der Waals surface area contributed by atoms with E-state index < -0.39 is 0 Å². The Bertz CT molecular complexity index is 364. The monoisotopic (exact) mass is 179 g/mol. The van der Waals surface area contributed by atoms with Crippen LogP contribution in [0.15, 0.2) is 18.2 Å². The van der Waals surface area contributed by atoms with Crippen molar-refractivity contribution in [2.45, 2.75) is 6.42 Å². The zero-order chi connectivity index (χ0) is 9.42. The lowest BCUT2D eigenvalue weighted by Gasteiger charge is -2.10. The van der Waals surface area contributed by atoms with Gasteiger partial charge in [-0.25, -0.2) is 5.84 Å². The van der Waals surface area contributed by atoms with Crippen LogP contribution in [0, 0.1) is 10.1 Å². The van der Waals surface area contributed by atoms with E-state index >= 15 is 0 Å². The van der Waals surface area contributed by atoms with Gasteiger partial charge in [-0.2, -0.15) is 0 Å². The summed E-state index contributed by atoms with van der Waals surface area (Å²) in [7, 11) is 0. The maximum atomic E-state index is 10.4. The average molecular weight is 179 g/mol. The molecule has 0 aliphatic carbocycles. The topological polar surface area (TPSA) is 72.4 Å². The number of non-ortho nitro benzene ring substituents is 1. The highest BCUT2D eigenvalue weighted by atomic mass is 16.6. The van der Waals surface area contributed by atoms with Gasteiger partial charge in [0.15, 0.2) is 0 Å². The first kappa shape index (κ1) is 8.00. The van der Waals surface area contributed by atoms with Crippen LogP contribution in [-0.2, 0) is 6.42 Å². The first-order valence-corrected chi connectivity index (χ1v) is 3.98. The first-order chi connectivity index (χ1) is 6.18. The Labute approximate surface area is 74.9 Å². The minimum absolute atomic E-state index is 0.133. The van der Waals surface area contributed by atoms with E-state index in [4.69, 9.17) is 5.84 Å². The third-order valence-corrected chi connectivity index (χ3v) is 2.21. The molecule has 0 amide bonds. The molecular formula is C8H9N3O2. The van der Waals surface area contributed by atoms with E-state index in [0.29, 0.717) is 0 Å². The Morgan fingerprint density at radius 2 is 2.31 bits per heavy atom. The molecule has 1 aliphatic rings. The van der Waals surface area contributed by atoms with Crippen LogP contribution < -0.4 is 10.9 Å². The molecule has 68 valence electrons. The third-order valence-electron chi connectivity index (χ3n) is 2.21. The Kier molecular flexibility index (Phi) is 1.66. The highest BCUT2D eigenvalue weighted by molar-refractivity contribution is 5.60. The van der Waals surface area contributed by atoms with Crippen molar-refractivity contribution < 1.29 is 4.92 Å². The number of nitro benzene ring substituents is 1. The van der Waals surface area contributed by atoms with E-state index in [1.165, 1.54) is 6.07 Å². The van der Waals surface area contributed by atoms with Crippen LogP contribution in [0.5, 0.6) is 0 Å². The summed E-state index contributed by atoms with van der Waals surface area (Å²) in [5, 5.41) is 12.1. The molecule has 2 N–H and O–H groups in total. The highest BCUT2D eigenvalue weighted by Crippen LogP contribution is 2.28. The second kappa shape index (κ2) is 2.70. The lowest BCUT2D eigenvalue weighted by atomic mass is 10.1. The summed E-state index contributed by atoms with van der Waals surface area (Å²) in [5.74, 6) is 5.64. The zero-order valence-corrected chi connectivity index (χ0v) is 6.93. The minimum atomic E-state index is -0.389. The maximum Gasteiger partial charge on any atom is 0.269 e. The Morgan fingerprint density at radius 3 is 3.00 bits per heavy atom. The van der Waals surface area contributed by atoms with Crippen LogP contribution in [0.3, 0.4) is 0 Å². The maximum absolute atomic E-state index is 10.4. The van der Waals surface area contributed by atoms with Crippen molar-refractivity contribution in [2.24, 2.45) is 5.84 Å². The predicted octanol–water partition coefficient (Wildman–Crippen LogP) is 0.831. The fourth-order valence-electron chi connectivity index (χ4n) is 1.53. The van der Waals surface area contributed by atoms with Crippen molar-refractivity contribution >= 4 is 11.4 Å². The molecule has 0 aromatic heterocycles. The zero-order valence-electron chi connectivity index (χ0n) is 6.93. The molecule has 1 heterocycles. The van der Waals surface area contributed by atoms with Crippen molar-refractivity contribution in [3.05, 3.63) is 33.9 Å². The van der Waals surface area contributed by atoms with Crippen molar-refractivity contribution in [3.8, 4) is 0 Å². The van der Waals surface area contributed by atoms with Crippen LogP contribution >= 0.6 is 0 Å². The van der Waals surface area contributed by atoms with Crippen LogP contribution in [0.25, 0.3) is 0 Å². The Hall–Kier alpha value is -1.62. The summed E-state index contributed by atoms with van der Waals surface area (Å²) >= 11 is 0. The van der Waals surface area contributed by atoms with Gasteiger partial charge in [0.1, 0.15) is 0 Å². The molecule has 0 atom stereocenters. The van der Waals surface area contributed by atoms with E-state index in [-0.39, 0.29) is 10.6 Å². The molecule has 2 rings (SSSR count). The van der Waals surface area contributed by atoms with Gasteiger partial charge in [-0.15, -0.1) is 0 Å². The number of hydrogen-bond donors (Lipinski definition) is 1. The fourth-order valence-corrected chi connectivity index (χ4v) is 1.53. The number of nitrogens with two attached hydrogens (primary N) is 1. The van der Waals surface area contributed by atoms with Gasteiger partial charge in [-0.05, 0) is 18.1 Å². The summed E-state index contributed by atoms with van der Waals surface area (Å²) in [6, 6.07) is 4.76. The van der Waals surface area contributed by atoms with Gasteiger partial charge < -0.3 is 5.01 Å². The molecule has 0 saturated carbocycles. The summed E-state index contributed by atoms with van der Waals surface area (Å²) in [6.07, 6.45) is 0.785. The van der Waals surface area contributed by atoms with Gasteiger partial charge in [0.05, 0.1) is 10.6 Å². The second-order valence-electron chi connectivity index (χ2n) is 3.01. The number of hydrazine groups is 1. The molecule has 1 aromatic carbocycles. The van der Waals surface area contributed by atoms with E-state index in [2.05, 4.69) is 0 Å².